The first-order valence-electron chi connectivity index (χ1n) is 6.78. The van der Waals surface area contributed by atoms with E-state index in [2.05, 4.69) is 50.9 Å². The van der Waals surface area contributed by atoms with Gasteiger partial charge in [0.05, 0.1) is 11.4 Å². The molecule has 0 saturated heterocycles. The molecule has 3 nitrogen and oxygen atoms in total. The van der Waals surface area contributed by atoms with E-state index in [9.17, 15) is 0 Å². The Bertz CT molecular complexity index is 345. The molecule has 18 heavy (non-hydrogen) atoms. The average Bonchev–Trinajstić information content (AvgIpc) is 2.64. The number of rotatable bonds is 3. The van der Waals surface area contributed by atoms with Gasteiger partial charge < -0.3 is 4.43 Å². The molecule has 0 aromatic heterocycles. The molecule has 5 heteroatoms. The fourth-order valence-corrected chi connectivity index (χ4v) is 4.67. The van der Waals surface area contributed by atoms with E-state index < -0.39 is 8.32 Å². The van der Waals surface area contributed by atoms with Crippen LogP contribution in [0.5, 0.6) is 0 Å². The van der Waals surface area contributed by atoms with E-state index in [4.69, 9.17) is 4.43 Å². The van der Waals surface area contributed by atoms with Crippen molar-refractivity contribution in [1.82, 2.24) is 5.01 Å². The van der Waals surface area contributed by atoms with Crippen molar-refractivity contribution in [2.24, 2.45) is 11.0 Å². The molecule has 1 heterocycles. The maximum Gasteiger partial charge on any atom is 0.195 e. The van der Waals surface area contributed by atoms with Gasteiger partial charge in [0.25, 0.3) is 0 Å². The van der Waals surface area contributed by atoms with Crippen LogP contribution in [-0.2, 0) is 4.43 Å². The third-order valence-electron chi connectivity index (χ3n) is 4.51. The summed E-state index contributed by atoms with van der Waals surface area (Å²) in [6, 6.07) is 0. The standard InChI is InChI=1S/C13H26N2OSSi/c1-11-7-13(8-11,15-10-17-9-14-15)16-18(5,6)12(2,3)4/h9,11H,7-8,10H2,1-6H3. The second-order valence-corrected chi connectivity index (χ2v) is 12.8. The van der Waals surface area contributed by atoms with Crippen LogP contribution in [-0.4, -0.2) is 30.5 Å². The summed E-state index contributed by atoms with van der Waals surface area (Å²) in [6.45, 7) is 13.9. The fourth-order valence-electron chi connectivity index (χ4n) is 2.45. The highest BCUT2D eigenvalue weighted by molar-refractivity contribution is 8.12. The number of hydrogen-bond acceptors (Lipinski definition) is 4. The van der Waals surface area contributed by atoms with Gasteiger partial charge in [-0.05, 0) is 36.9 Å². The highest BCUT2D eigenvalue weighted by Crippen LogP contribution is 2.50. The Morgan fingerprint density at radius 3 is 2.39 bits per heavy atom. The number of hydrogen-bond donors (Lipinski definition) is 0. The maximum absolute atomic E-state index is 6.72. The molecule has 0 unspecified atom stereocenters. The zero-order valence-electron chi connectivity index (χ0n) is 12.5. The highest BCUT2D eigenvalue weighted by atomic mass is 32.2. The minimum absolute atomic E-state index is 0.109. The van der Waals surface area contributed by atoms with Gasteiger partial charge in [-0.1, -0.05) is 39.5 Å². The van der Waals surface area contributed by atoms with Crippen molar-refractivity contribution in [2.45, 2.75) is 64.4 Å². The summed E-state index contributed by atoms with van der Waals surface area (Å²) >= 11 is 1.76. The van der Waals surface area contributed by atoms with Crippen molar-refractivity contribution in [3.05, 3.63) is 0 Å². The Balaban J connectivity index is 2.15. The van der Waals surface area contributed by atoms with E-state index in [1.54, 1.807) is 11.8 Å². The van der Waals surface area contributed by atoms with Gasteiger partial charge in [0.1, 0.15) is 5.72 Å². The molecule has 1 saturated carbocycles. The molecule has 104 valence electrons. The molecular weight excluding hydrogens is 260 g/mol. The zero-order chi connectivity index (χ0) is 13.6. The number of nitrogens with zero attached hydrogens (tertiary/aromatic N) is 2. The summed E-state index contributed by atoms with van der Waals surface area (Å²) in [7, 11) is -1.73. The van der Waals surface area contributed by atoms with Crippen molar-refractivity contribution in [3.8, 4) is 0 Å². The lowest BCUT2D eigenvalue weighted by atomic mass is 9.78. The minimum Gasteiger partial charge on any atom is -0.394 e. The van der Waals surface area contributed by atoms with Crippen molar-refractivity contribution in [2.75, 3.05) is 5.88 Å². The third-order valence-corrected chi connectivity index (χ3v) is 9.65. The Morgan fingerprint density at radius 2 is 2.00 bits per heavy atom. The lowest BCUT2D eigenvalue weighted by Gasteiger charge is -2.55. The molecule has 0 amide bonds. The number of hydrazone groups is 1. The molecule has 2 rings (SSSR count). The van der Waals surface area contributed by atoms with Gasteiger partial charge in [-0.3, -0.25) is 5.01 Å². The summed E-state index contributed by atoms with van der Waals surface area (Å²) in [5.74, 6) is 1.71. The zero-order valence-corrected chi connectivity index (χ0v) is 14.3. The maximum atomic E-state index is 6.72. The first kappa shape index (κ1) is 14.4. The van der Waals surface area contributed by atoms with Gasteiger partial charge in [-0.2, -0.15) is 5.10 Å². The van der Waals surface area contributed by atoms with Crippen molar-refractivity contribution in [1.29, 1.82) is 0 Å². The molecule has 0 spiro atoms. The summed E-state index contributed by atoms with van der Waals surface area (Å²) in [5, 5.41) is 6.94. The third kappa shape index (κ3) is 2.49. The van der Waals surface area contributed by atoms with Crippen molar-refractivity contribution >= 4 is 25.6 Å². The molecule has 0 bridgehead atoms. The molecule has 1 fully saturated rings. The van der Waals surface area contributed by atoms with Crippen molar-refractivity contribution in [3.63, 3.8) is 0 Å². The van der Waals surface area contributed by atoms with Gasteiger partial charge in [-0.15, -0.1) is 0 Å². The summed E-state index contributed by atoms with van der Waals surface area (Å²) < 4.78 is 6.72. The topological polar surface area (TPSA) is 24.8 Å². The predicted molar refractivity (Wildman–Crippen MR) is 82.2 cm³/mol. The van der Waals surface area contributed by atoms with Crippen LogP contribution in [0.2, 0.25) is 18.1 Å². The first-order valence-corrected chi connectivity index (χ1v) is 10.7. The van der Waals surface area contributed by atoms with Crippen LogP contribution >= 0.6 is 11.8 Å². The first-order chi connectivity index (χ1) is 8.16. The van der Waals surface area contributed by atoms with E-state index >= 15 is 0 Å². The van der Waals surface area contributed by atoms with Crippen LogP contribution in [0.3, 0.4) is 0 Å². The molecule has 2 aliphatic rings. The largest absolute Gasteiger partial charge is 0.394 e. The Kier molecular flexibility index (Phi) is 3.62. The predicted octanol–water partition coefficient (Wildman–Crippen LogP) is 4.08. The van der Waals surface area contributed by atoms with Crippen LogP contribution < -0.4 is 0 Å². The average molecular weight is 287 g/mol. The second-order valence-electron chi connectivity index (χ2n) is 7.24. The monoisotopic (exact) mass is 286 g/mol. The molecule has 1 aliphatic carbocycles. The van der Waals surface area contributed by atoms with Gasteiger partial charge in [-0.25, -0.2) is 0 Å². The molecule has 0 N–H and O–H groups in total. The lowest BCUT2D eigenvalue weighted by Crippen LogP contribution is -2.62. The number of thioether (sulfide) groups is 1. The Labute approximate surface area is 116 Å². The van der Waals surface area contributed by atoms with E-state index in [0.717, 1.165) is 24.6 Å². The Hall–Kier alpha value is -0.00312. The minimum atomic E-state index is -1.73. The Morgan fingerprint density at radius 1 is 1.39 bits per heavy atom. The van der Waals surface area contributed by atoms with E-state index in [1.165, 1.54) is 0 Å². The quantitative estimate of drug-likeness (QED) is 0.731. The van der Waals surface area contributed by atoms with Crippen LogP contribution in [0.15, 0.2) is 5.10 Å². The normalized spacial score (nSPS) is 32.8. The van der Waals surface area contributed by atoms with Gasteiger partial charge in [0.15, 0.2) is 8.32 Å². The molecule has 0 atom stereocenters. The van der Waals surface area contributed by atoms with Crippen LogP contribution in [0, 0.1) is 5.92 Å². The van der Waals surface area contributed by atoms with Crippen LogP contribution in [0.25, 0.3) is 0 Å². The molecular formula is C13H26N2OSSi. The summed E-state index contributed by atoms with van der Waals surface area (Å²) in [6.07, 6.45) is 2.24. The smallest absolute Gasteiger partial charge is 0.195 e. The molecule has 0 aromatic rings. The van der Waals surface area contributed by atoms with Crippen molar-refractivity contribution < 1.29 is 4.43 Å². The van der Waals surface area contributed by atoms with Gasteiger partial charge in [0.2, 0.25) is 0 Å². The van der Waals surface area contributed by atoms with E-state index in [0.29, 0.717) is 0 Å². The molecule has 0 aromatic carbocycles. The summed E-state index contributed by atoms with van der Waals surface area (Å²) in [4.78, 5) is 0. The summed E-state index contributed by atoms with van der Waals surface area (Å²) in [5.41, 5.74) is 1.84. The molecule has 0 radical (unpaired) electrons. The van der Waals surface area contributed by atoms with E-state index in [-0.39, 0.29) is 10.8 Å². The van der Waals surface area contributed by atoms with Gasteiger partial charge in [0, 0.05) is 0 Å². The van der Waals surface area contributed by atoms with Crippen LogP contribution in [0.1, 0.15) is 40.5 Å². The SMILES string of the molecule is CC1CC(O[Si](C)(C)C(C)(C)C)(N2CSC=N2)C1. The lowest BCUT2D eigenvalue weighted by molar-refractivity contribution is -0.164. The van der Waals surface area contributed by atoms with Crippen LogP contribution in [0.4, 0.5) is 0 Å². The second kappa shape index (κ2) is 4.53. The fraction of sp³-hybridized carbons (Fsp3) is 0.923. The van der Waals surface area contributed by atoms with Gasteiger partial charge >= 0.3 is 0 Å². The highest BCUT2D eigenvalue weighted by Gasteiger charge is 2.54. The van der Waals surface area contributed by atoms with E-state index in [1.807, 2.05) is 5.55 Å². The molecule has 1 aliphatic heterocycles.